The highest BCUT2D eigenvalue weighted by atomic mass is 16.6. The van der Waals surface area contributed by atoms with Crippen LogP contribution in [0.15, 0.2) is 42.5 Å². The zero-order chi connectivity index (χ0) is 15.4. The number of hydrogen-bond donors (Lipinski definition) is 1. The van der Waals surface area contributed by atoms with Crippen molar-refractivity contribution in [1.29, 1.82) is 5.26 Å². The van der Waals surface area contributed by atoms with Crippen LogP contribution in [0.25, 0.3) is 0 Å². The minimum Gasteiger partial charge on any atom is -0.354 e. The minimum absolute atomic E-state index is 0.0887. The Labute approximate surface area is 123 Å². The maximum atomic E-state index is 10.8. The van der Waals surface area contributed by atoms with Crippen LogP contribution in [0.5, 0.6) is 0 Å². The van der Waals surface area contributed by atoms with Crippen LogP contribution in [0.3, 0.4) is 0 Å². The summed E-state index contributed by atoms with van der Waals surface area (Å²) in [6.45, 7) is 4.17. The summed E-state index contributed by atoms with van der Waals surface area (Å²) in [5, 5.41) is 23.1. The van der Waals surface area contributed by atoms with Crippen LogP contribution in [0.1, 0.15) is 30.9 Å². The topological polar surface area (TPSA) is 79.0 Å². The number of para-hydroxylation sites is 1. The van der Waals surface area contributed by atoms with Gasteiger partial charge in [-0.3, -0.25) is 10.1 Å². The summed E-state index contributed by atoms with van der Waals surface area (Å²) < 4.78 is 0. The van der Waals surface area contributed by atoms with Gasteiger partial charge >= 0.3 is 0 Å². The molecule has 21 heavy (non-hydrogen) atoms. The van der Waals surface area contributed by atoms with Gasteiger partial charge in [0.15, 0.2) is 0 Å². The van der Waals surface area contributed by atoms with Gasteiger partial charge < -0.3 is 5.32 Å². The third-order valence-corrected chi connectivity index (χ3v) is 3.19. The first-order chi connectivity index (χ1) is 10.0. The van der Waals surface area contributed by atoms with Gasteiger partial charge in [-0.05, 0) is 23.6 Å². The standard InChI is InChI=1S/C16H15N3O2/c1-11(2)14-5-3-4-6-16(14)18-15-8-7-13(19(20)21)9-12(15)10-17/h3-9,11,18H,1-2H3. The fraction of sp³-hybridized carbons (Fsp3) is 0.188. The van der Waals surface area contributed by atoms with E-state index < -0.39 is 4.92 Å². The van der Waals surface area contributed by atoms with Crippen LogP contribution >= 0.6 is 0 Å². The van der Waals surface area contributed by atoms with E-state index in [1.54, 1.807) is 6.07 Å². The second-order valence-corrected chi connectivity index (χ2v) is 4.97. The van der Waals surface area contributed by atoms with Crippen molar-refractivity contribution in [2.24, 2.45) is 0 Å². The van der Waals surface area contributed by atoms with Gasteiger partial charge in [-0.2, -0.15) is 5.26 Å². The van der Waals surface area contributed by atoms with E-state index in [0.717, 1.165) is 11.3 Å². The molecule has 0 aliphatic carbocycles. The van der Waals surface area contributed by atoms with E-state index in [-0.39, 0.29) is 11.3 Å². The molecule has 2 aromatic rings. The third kappa shape index (κ3) is 3.18. The molecule has 0 amide bonds. The van der Waals surface area contributed by atoms with Crippen molar-refractivity contribution in [3.8, 4) is 6.07 Å². The molecule has 0 aliphatic rings. The number of nitriles is 1. The van der Waals surface area contributed by atoms with Gasteiger partial charge in [-0.15, -0.1) is 0 Å². The van der Waals surface area contributed by atoms with Crippen LogP contribution in [0, 0.1) is 21.4 Å². The Morgan fingerprint density at radius 1 is 1.19 bits per heavy atom. The van der Waals surface area contributed by atoms with Crippen molar-refractivity contribution in [1.82, 2.24) is 0 Å². The molecule has 0 radical (unpaired) electrons. The Kier molecular flexibility index (Phi) is 4.19. The molecule has 5 nitrogen and oxygen atoms in total. The van der Waals surface area contributed by atoms with E-state index in [2.05, 4.69) is 19.2 Å². The lowest BCUT2D eigenvalue weighted by molar-refractivity contribution is -0.384. The number of nitrogens with one attached hydrogen (secondary N) is 1. The van der Waals surface area contributed by atoms with Crippen molar-refractivity contribution in [2.45, 2.75) is 19.8 Å². The minimum atomic E-state index is -0.507. The molecule has 106 valence electrons. The number of nitrogens with zero attached hydrogens (tertiary/aromatic N) is 2. The molecular formula is C16H15N3O2. The lowest BCUT2D eigenvalue weighted by atomic mass is 10.0. The first kappa shape index (κ1) is 14.5. The van der Waals surface area contributed by atoms with E-state index in [1.165, 1.54) is 12.1 Å². The molecule has 0 aliphatic heterocycles. The fourth-order valence-corrected chi connectivity index (χ4v) is 2.11. The molecule has 0 aromatic heterocycles. The van der Waals surface area contributed by atoms with Crippen molar-refractivity contribution in [2.75, 3.05) is 5.32 Å². The van der Waals surface area contributed by atoms with Gasteiger partial charge in [0.25, 0.3) is 5.69 Å². The van der Waals surface area contributed by atoms with E-state index in [0.29, 0.717) is 11.6 Å². The zero-order valence-corrected chi connectivity index (χ0v) is 11.8. The maximum Gasteiger partial charge on any atom is 0.270 e. The number of nitro groups is 1. The molecule has 1 N–H and O–H groups in total. The third-order valence-electron chi connectivity index (χ3n) is 3.19. The van der Waals surface area contributed by atoms with E-state index in [1.807, 2.05) is 30.3 Å². The molecule has 0 spiro atoms. The average Bonchev–Trinajstić information content (AvgIpc) is 2.47. The first-order valence-electron chi connectivity index (χ1n) is 6.57. The van der Waals surface area contributed by atoms with Crippen molar-refractivity contribution in [3.05, 3.63) is 63.7 Å². The highest BCUT2D eigenvalue weighted by Gasteiger charge is 2.12. The van der Waals surface area contributed by atoms with Crippen LogP contribution in [0.2, 0.25) is 0 Å². The summed E-state index contributed by atoms with van der Waals surface area (Å²) >= 11 is 0. The van der Waals surface area contributed by atoms with E-state index in [9.17, 15) is 10.1 Å². The smallest absolute Gasteiger partial charge is 0.270 e. The van der Waals surface area contributed by atoms with Crippen molar-refractivity contribution >= 4 is 17.1 Å². The second kappa shape index (κ2) is 6.06. The van der Waals surface area contributed by atoms with Crippen LogP contribution in [0.4, 0.5) is 17.1 Å². The quantitative estimate of drug-likeness (QED) is 0.668. The predicted octanol–water partition coefficient (Wildman–Crippen LogP) is 4.33. The predicted molar refractivity (Wildman–Crippen MR) is 81.6 cm³/mol. The van der Waals surface area contributed by atoms with Crippen LogP contribution in [-0.4, -0.2) is 4.92 Å². The summed E-state index contributed by atoms with van der Waals surface area (Å²) in [6.07, 6.45) is 0. The lowest BCUT2D eigenvalue weighted by Crippen LogP contribution is -2.00. The van der Waals surface area contributed by atoms with Crippen molar-refractivity contribution < 1.29 is 4.92 Å². The van der Waals surface area contributed by atoms with Crippen molar-refractivity contribution in [3.63, 3.8) is 0 Å². The number of benzene rings is 2. The Morgan fingerprint density at radius 3 is 2.52 bits per heavy atom. The van der Waals surface area contributed by atoms with Gasteiger partial charge in [-0.25, -0.2) is 0 Å². The van der Waals surface area contributed by atoms with E-state index in [4.69, 9.17) is 5.26 Å². The number of hydrogen-bond acceptors (Lipinski definition) is 4. The zero-order valence-electron chi connectivity index (χ0n) is 11.8. The molecule has 0 saturated carbocycles. The normalized spacial score (nSPS) is 10.2. The molecule has 0 heterocycles. The number of non-ortho nitro benzene ring substituents is 1. The van der Waals surface area contributed by atoms with Gasteiger partial charge in [-0.1, -0.05) is 32.0 Å². The molecule has 2 rings (SSSR count). The molecular weight excluding hydrogens is 266 g/mol. The fourth-order valence-electron chi connectivity index (χ4n) is 2.11. The molecule has 5 heteroatoms. The number of nitro benzene ring substituents is 1. The summed E-state index contributed by atoms with van der Waals surface area (Å²) in [4.78, 5) is 10.3. The van der Waals surface area contributed by atoms with Gasteiger partial charge in [0.05, 0.1) is 16.2 Å². The Hall–Kier alpha value is -2.87. The Balaban J connectivity index is 2.41. The van der Waals surface area contributed by atoms with E-state index >= 15 is 0 Å². The van der Waals surface area contributed by atoms with Crippen LogP contribution < -0.4 is 5.32 Å². The maximum absolute atomic E-state index is 10.8. The lowest BCUT2D eigenvalue weighted by Gasteiger charge is -2.15. The SMILES string of the molecule is CC(C)c1ccccc1Nc1ccc([N+](=O)[O-])cc1C#N. The molecule has 0 saturated heterocycles. The highest BCUT2D eigenvalue weighted by molar-refractivity contribution is 5.70. The molecule has 2 aromatic carbocycles. The molecule has 0 unspecified atom stereocenters. The number of rotatable bonds is 4. The largest absolute Gasteiger partial charge is 0.354 e. The summed E-state index contributed by atoms with van der Waals surface area (Å²) in [5.41, 5.74) is 2.76. The summed E-state index contributed by atoms with van der Waals surface area (Å²) in [7, 11) is 0. The summed E-state index contributed by atoms with van der Waals surface area (Å²) in [6, 6.07) is 14.0. The average molecular weight is 281 g/mol. The highest BCUT2D eigenvalue weighted by Crippen LogP contribution is 2.29. The Bertz CT molecular complexity index is 718. The monoisotopic (exact) mass is 281 g/mol. The van der Waals surface area contributed by atoms with Gasteiger partial charge in [0.2, 0.25) is 0 Å². The molecule has 0 atom stereocenters. The number of anilines is 2. The first-order valence-corrected chi connectivity index (χ1v) is 6.57. The molecule has 0 bridgehead atoms. The molecule has 0 fully saturated rings. The van der Waals surface area contributed by atoms with Gasteiger partial charge in [0.1, 0.15) is 6.07 Å². The summed E-state index contributed by atoms with van der Waals surface area (Å²) in [5.74, 6) is 0.331. The Morgan fingerprint density at radius 2 is 1.90 bits per heavy atom. The van der Waals surface area contributed by atoms with Crippen LogP contribution in [-0.2, 0) is 0 Å². The van der Waals surface area contributed by atoms with Gasteiger partial charge in [0, 0.05) is 17.8 Å². The second-order valence-electron chi connectivity index (χ2n) is 4.97.